The molecule has 1 aromatic heterocycles. The number of fused-ring (bicyclic) bond motifs is 1. The van der Waals surface area contributed by atoms with Gasteiger partial charge in [0.2, 0.25) is 0 Å². The molecule has 0 unspecified atom stereocenters. The van der Waals surface area contributed by atoms with E-state index in [1.165, 1.54) is 11.8 Å². The number of carbonyl (C=O) groups excluding carboxylic acids is 2. The maximum absolute atomic E-state index is 12.6. The van der Waals surface area contributed by atoms with Gasteiger partial charge in [0.1, 0.15) is 17.3 Å². The van der Waals surface area contributed by atoms with Gasteiger partial charge in [0.25, 0.3) is 0 Å². The number of pyridine rings is 1. The fraction of sp³-hybridized carbons (Fsp3) is 0.182. The lowest BCUT2D eigenvalue weighted by molar-refractivity contribution is -0.143. The van der Waals surface area contributed by atoms with Gasteiger partial charge in [-0.15, -0.1) is 0 Å². The van der Waals surface area contributed by atoms with Crippen molar-refractivity contribution in [2.24, 2.45) is 0 Å². The zero-order valence-corrected chi connectivity index (χ0v) is 16.5. The van der Waals surface area contributed by atoms with E-state index in [9.17, 15) is 20.0 Å². The topological polar surface area (TPSA) is 100 Å². The van der Waals surface area contributed by atoms with Crippen LogP contribution >= 0.6 is 11.8 Å². The normalized spacial score (nSPS) is 10.5. The fourth-order valence-electron chi connectivity index (χ4n) is 2.82. The van der Waals surface area contributed by atoms with Gasteiger partial charge in [-0.25, -0.2) is 4.98 Å². The Morgan fingerprint density at radius 3 is 2.59 bits per heavy atom. The van der Waals surface area contributed by atoms with E-state index in [0.717, 1.165) is 9.79 Å². The largest absolute Gasteiger partial charge is 0.504 e. The van der Waals surface area contributed by atoms with Crippen molar-refractivity contribution in [2.45, 2.75) is 29.6 Å². The van der Waals surface area contributed by atoms with Crippen molar-refractivity contribution in [2.75, 3.05) is 6.61 Å². The Morgan fingerprint density at radius 1 is 1.14 bits per heavy atom. The van der Waals surface area contributed by atoms with Crippen molar-refractivity contribution < 1.29 is 19.4 Å². The monoisotopic (exact) mass is 406 g/mol. The maximum Gasteiger partial charge on any atom is 0.306 e. The molecule has 0 bridgehead atoms. The van der Waals surface area contributed by atoms with Crippen LogP contribution in [0.15, 0.2) is 58.3 Å². The summed E-state index contributed by atoms with van der Waals surface area (Å²) in [6, 6.07) is 16.9. The van der Waals surface area contributed by atoms with Gasteiger partial charge in [0.15, 0.2) is 11.5 Å². The minimum atomic E-state index is -0.520. The number of hydrogen-bond acceptors (Lipinski definition) is 7. The van der Waals surface area contributed by atoms with Crippen molar-refractivity contribution in [3.63, 3.8) is 0 Å². The maximum atomic E-state index is 12.6. The van der Waals surface area contributed by atoms with Crippen LogP contribution in [-0.2, 0) is 9.53 Å². The summed E-state index contributed by atoms with van der Waals surface area (Å²) in [6.07, 6.45) is -0.280. The lowest BCUT2D eigenvalue weighted by atomic mass is 10.0. The molecule has 29 heavy (non-hydrogen) atoms. The molecule has 0 amide bonds. The molecule has 0 atom stereocenters. The first kappa shape index (κ1) is 20.4. The van der Waals surface area contributed by atoms with Crippen LogP contribution in [0.2, 0.25) is 0 Å². The van der Waals surface area contributed by atoms with E-state index in [1.54, 1.807) is 19.1 Å². The summed E-state index contributed by atoms with van der Waals surface area (Å²) in [6.45, 7) is 1.91. The number of benzene rings is 2. The Bertz CT molecular complexity index is 1110. The molecule has 0 fully saturated rings. The van der Waals surface area contributed by atoms with Gasteiger partial charge in [-0.2, -0.15) is 5.26 Å². The standard InChI is InChI=1S/C22H18N2O4S/c1-2-28-19(26)12-11-17(25)21-22(27)16(13-23)15-9-6-10-18(20(15)24-21)29-14-7-4-3-5-8-14/h3-10,27H,2,11-12H2,1H3. The highest BCUT2D eigenvalue weighted by Gasteiger charge is 2.22. The van der Waals surface area contributed by atoms with Crippen molar-refractivity contribution in [1.82, 2.24) is 4.98 Å². The molecular weight excluding hydrogens is 388 g/mol. The summed E-state index contributed by atoms with van der Waals surface area (Å²) < 4.78 is 4.83. The second kappa shape index (κ2) is 9.22. The summed E-state index contributed by atoms with van der Waals surface area (Å²) in [5.74, 6) is -1.48. The molecule has 0 spiro atoms. The predicted octanol–water partition coefficient (Wildman–Crippen LogP) is 4.49. The third kappa shape index (κ3) is 4.55. The van der Waals surface area contributed by atoms with Crippen molar-refractivity contribution in [3.8, 4) is 11.8 Å². The van der Waals surface area contributed by atoms with Gasteiger partial charge in [0, 0.05) is 21.6 Å². The molecule has 7 heteroatoms. The van der Waals surface area contributed by atoms with E-state index in [1.807, 2.05) is 42.5 Å². The third-order valence-electron chi connectivity index (χ3n) is 4.16. The van der Waals surface area contributed by atoms with Crippen LogP contribution in [0.1, 0.15) is 35.8 Å². The summed E-state index contributed by atoms with van der Waals surface area (Å²) in [5.41, 5.74) is 0.236. The Balaban J connectivity index is 2.03. The summed E-state index contributed by atoms with van der Waals surface area (Å²) in [4.78, 5) is 30.3. The average molecular weight is 406 g/mol. The zero-order valence-electron chi connectivity index (χ0n) is 15.7. The SMILES string of the molecule is CCOC(=O)CCC(=O)c1nc2c(Sc3ccccc3)cccc2c(C#N)c1O. The van der Waals surface area contributed by atoms with Gasteiger partial charge < -0.3 is 9.84 Å². The number of nitrogens with zero attached hydrogens (tertiary/aromatic N) is 2. The van der Waals surface area contributed by atoms with Gasteiger partial charge in [0.05, 0.1) is 18.5 Å². The molecule has 0 radical (unpaired) electrons. The quantitative estimate of drug-likeness (QED) is 0.456. The lowest BCUT2D eigenvalue weighted by Gasteiger charge is -2.11. The van der Waals surface area contributed by atoms with Crippen molar-refractivity contribution >= 4 is 34.4 Å². The molecule has 6 nitrogen and oxygen atoms in total. The van der Waals surface area contributed by atoms with Crippen LogP contribution in [-0.4, -0.2) is 28.4 Å². The zero-order chi connectivity index (χ0) is 20.8. The number of ether oxygens (including phenoxy) is 1. The molecule has 1 heterocycles. The Labute approximate surface area is 172 Å². The first-order valence-electron chi connectivity index (χ1n) is 9.02. The highest BCUT2D eigenvalue weighted by atomic mass is 32.2. The summed E-state index contributed by atoms with van der Waals surface area (Å²) in [5, 5.41) is 20.5. The molecule has 0 saturated carbocycles. The molecule has 1 N–H and O–H groups in total. The molecule has 3 aromatic rings. The molecule has 0 aliphatic rings. The van der Waals surface area contributed by atoms with E-state index >= 15 is 0 Å². The van der Waals surface area contributed by atoms with Gasteiger partial charge >= 0.3 is 5.97 Å². The average Bonchev–Trinajstić information content (AvgIpc) is 2.73. The van der Waals surface area contributed by atoms with Gasteiger partial charge in [-0.3, -0.25) is 9.59 Å². The minimum Gasteiger partial charge on any atom is -0.504 e. The number of ketones is 1. The van der Waals surface area contributed by atoms with E-state index < -0.39 is 17.5 Å². The third-order valence-corrected chi connectivity index (χ3v) is 5.22. The molecule has 3 rings (SSSR count). The molecule has 0 aliphatic carbocycles. The number of carbonyl (C=O) groups is 2. The van der Waals surface area contributed by atoms with Gasteiger partial charge in [-0.1, -0.05) is 42.1 Å². The van der Waals surface area contributed by atoms with E-state index in [-0.39, 0.29) is 30.7 Å². The fourth-order valence-corrected chi connectivity index (χ4v) is 3.77. The Kier molecular flexibility index (Phi) is 6.47. The van der Waals surface area contributed by atoms with Crippen LogP contribution in [0.4, 0.5) is 0 Å². The van der Waals surface area contributed by atoms with E-state index in [2.05, 4.69) is 4.98 Å². The number of esters is 1. The summed E-state index contributed by atoms with van der Waals surface area (Å²) in [7, 11) is 0. The molecule has 146 valence electrons. The molecule has 0 aliphatic heterocycles. The second-order valence-electron chi connectivity index (χ2n) is 6.09. The van der Waals surface area contributed by atoms with Gasteiger partial charge in [-0.05, 0) is 25.1 Å². The Hall–Kier alpha value is -3.37. The lowest BCUT2D eigenvalue weighted by Crippen LogP contribution is -2.10. The number of nitriles is 1. The van der Waals surface area contributed by atoms with Crippen LogP contribution in [0.25, 0.3) is 10.9 Å². The highest BCUT2D eigenvalue weighted by molar-refractivity contribution is 7.99. The van der Waals surface area contributed by atoms with Crippen molar-refractivity contribution in [1.29, 1.82) is 5.26 Å². The number of para-hydroxylation sites is 1. The van der Waals surface area contributed by atoms with Crippen LogP contribution in [0, 0.1) is 11.3 Å². The number of Topliss-reactive ketones (excluding diaryl/α,β-unsaturated/α-hetero) is 1. The number of hydrogen-bond donors (Lipinski definition) is 1. The number of aromatic hydroxyl groups is 1. The van der Waals surface area contributed by atoms with E-state index in [4.69, 9.17) is 4.74 Å². The first-order chi connectivity index (χ1) is 14.0. The van der Waals surface area contributed by atoms with Crippen LogP contribution in [0.3, 0.4) is 0 Å². The summed E-state index contributed by atoms with van der Waals surface area (Å²) >= 11 is 1.45. The first-order valence-corrected chi connectivity index (χ1v) is 9.84. The van der Waals surface area contributed by atoms with Crippen LogP contribution in [0.5, 0.6) is 5.75 Å². The molecule has 2 aromatic carbocycles. The number of rotatable bonds is 7. The smallest absolute Gasteiger partial charge is 0.306 e. The Morgan fingerprint density at radius 2 is 1.90 bits per heavy atom. The second-order valence-corrected chi connectivity index (χ2v) is 7.21. The van der Waals surface area contributed by atoms with Crippen LogP contribution < -0.4 is 0 Å². The molecule has 0 saturated heterocycles. The predicted molar refractivity (Wildman–Crippen MR) is 109 cm³/mol. The number of aromatic nitrogens is 1. The highest BCUT2D eigenvalue weighted by Crippen LogP contribution is 2.37. The molecular formula is C22H18N2O4S. The van der Waals surface area contributed by atoms with Crippen molar-refractivity contribution in [3.05, 3.63) is 59.8 Å². The minimum absolute atomic E-state index is 0.00926. The van der Waals surface area contributed by atoms with E-state index in [0.29, 0.717) is 10.9 Å².